The summed E-state index contributed by atoms with van der Waals surface area (Å²) in [5.74, 6) is 3.39. The molecule has 20 heavy (non-hydrogen) atoms. The van der Waals surface area contributed by atoms with E-state index in [1.807, 2.05) is 19.1 Å². The number of nitrogen functional groups attached to an aromatic ring is 1. The van der Waals surface area contributed by atoms with Crippen molar-refractivity contribution < 1.29 is 4.79 Å². The average molecular weight is 335 g/mol. The first-order chi connectivity index (χ1) is 9.56. The number of halogens is 1. The third kappa shape index (κ3) is 1.73. The van der Waals surface area contributed by atoms with Crippen molar-refractivity contribution in [1.29, 1.82) is 0 Å². The maximum absolute atomic E-state index is 12.5. The lowest BCUT2D eigenvalue weighted by molar-refractivity contribution is -0.118. The van der Waals surface area contributed by atoms with Gasteiger partial charge < -0.3 is 11.1 Å². The van der Waals surface area contributed by atoms with E-state index in [0.29, 0.717) is 17.5 Å². The molecule has 0 spiro atoms. The number of nitrogens with two attached hydrogens (primary N) is 1. The molecular formula is C16H19BrN2O. The van der Waals surface area contributed by atoms with Crippen molar-refractivity contribution in [3.05, 3.63) is 22.2 Å². The van der Waals surface area contributed by atoms with Crippen LogP contribution >= 0.6 is 15.9 Å². The van der Waals surface area contributed by atoms with Gasteiger partial charge in [0.1, 0.15) is 0 Å². The van der Waals surface area contributed by atoms with Crippen LogP contribution in [0.1, 0.15) is 24.8 Å². The summed E-state index contributed by atoms with van der Waals surface area (Å²) in [5, 5.41) is 3.05. The second kappa shape index (κ2) is 4.23. The third-order valence-corrected chi connectivity index (χ3v) is 6.18. The van der Waals surface area contributed by atoms with Crippen molar-refractivity contribution in [2.24, 2.45) is 29.6 Å². The molecule has 106 valence electrons. The smallest absolute Gasteiger partial charge is 0.228 e. The van der Waals surface area contributed by atoms with E-state index in [-0.39, 0.29) is 11.8 Å². The quantitative estimate of drug-likeness (QED) is 0.812. The maximum Gasteiger partial charge on any atom is 0.228 e. The molecule has 3 fully saturated rings. The number of fused-ring (bicyclic) bond motifs is 5. The molecule has 0 saturated heterocycles. The largest absolute Gasteiger partial charge is 0.397 e. The molecule has 3 nitrogen and oxygen atoms in total. The molecule has 0 radical (unpaired) electrons. The number of carbonyl (C=O) groups is 1. The van der Waals surface area contributed by atoms with Crippen LogP contribution in [0.4, 0.5) is 11.4 Å². The van der Waals surface area contributed by atoms with Gasteiger partial charge >= 0.3 is 0 Å². The van der Waals surface area contributed by atoms with Gasteiger partial charge in [0.15, 0.2) is 0 Å². The minimum absolute atomic E-state index is 0.174. The Balaban J connectivity index is 1.52. The Bertz CT molecular complexity index is 561. The molecule has 0 aliphatic heterocycles. The van der Waals surface area contributed by atoms with Gasteiger partial charge in [0.05, 0.1) is 11.4 Å². The topological polar surface area (TPSA) is 55.1 Å². The molecule has 3 aliphatic rings. The fourth-order valence-electron chi connectivity index (χ4n) is 4.78. The van der Waals surface area contributed by atoms with Crippen LogP contribution in [0.2, 0.25) is 0 Å². The van der Waals surface area contributed by atoms with Crippen molar-refractivity contribution in [1.82, 2.24) is 0 Å². The molecule has 1 amide bonds. The number of carbonyl (C=O) groups excluding carboxylic acids is 1. The highest BCUT2D eigenvalue weighted by molar-refractivity contribution is 9.10. The molecule has 3 aliphatic carbocycles. The molecule has 1 aromatic carbocycles. The SMILES string of the molecule is Cc1cc(N)c(NC(=O)C2C3C4CCC(C4)C23)c(Br)c1. The molecule has 1 aromatic rings. The zero-order valence-electron chi connectivity index (χ0n) is 11.5. The summed E-state index contributed by atoms with van der Waals surface area (Å²) in [6, 6.07) is 3.89. The Kier molecular flexibility index (Phi) is 2.69. The summed E-state index contributed by atoms with van der Waals surface area (Å²) in [4.78, 5) is 12.5. The lowest BCUT2D eigenvalue weighted by Crippen LogP contribution is -2.19. The summed E-state index contributed by atoms with van der Waals surface area (Å²) in [6.07, 6.45) is 4.05. The van der Waals surface area contributed by atoms with Gasteiger partial charge in [-0.3, -0.25) is 4.79 Å². The van der Waals surface area contributed by atoms with E-state index in [1.54, 1.807) is 0 Å². The first kappa shape index (κ1) is 12.7. The summed E-state index contributed by atoms with van der Waals surface area (Å²) in [6.45, 7) is 2.00. The molecule has 4 rings (SSSR count). The molecule has 0 aromatic heterocycles. The number of amides is 1. The van der Waals surface area contributed by atoms with E-state index >= 15 is 0 Å². The zero-order valence-corrected chi connectivity index (χ0v) is 13.1. The zero-order chi connectivity index (χ0) is 14.0. The van der Waals surface area contributed by atoms with Crippen molar-refractivity contribution >= 4 is 33.2 Å². The van der Waals surface area contributed by atoms with Gasteiger partial charge in [-0.1, -0.05) is 0 Å². The monoisotopic (exact) mass is 334 g/mol. The van der Waals surface area contributed by atoms with Gasteiger partial charge in [-0.05, 0) is 83.5 Å². The van der Waals surface area contributed by atoms with Crippen LogP contribution in [0.3, 0.4) is 0 Å². The standard InChI is InChI=1S/C16H19BrN2O/c1-7-4-10(17)15(11(18)5-7)19-16(20)14-12-8-2-3-9(6-8)13(12)14/h4-5,8-9,12-14H,2-3,6,18H2,1H3,(H,19,20). The highest BCUT2D eigenvalue weighted by atomic mass is 79.9. The van der Waals surface area contributed by atoms with Gasteiger partial charge in [-0.25, -0.2) is 0 Å². The number of hydrogen-bond acceptors (Lipinski definition) is 2. The Labute approximate surface area is 127 Å². The van der Waals surface area contributed by atoms with E-state index in [2.05, 4.69) is 21.2 Å². The minimum atomic E-state index is 0.174. The lowest BCUT2D eigenvalue weighted by Gasteiger charge is -2.13. The van der Waals surface area contributed by atoms with Crippen molar-refractivity contribution in [3.63, 3.8) is 0 Å². The van der Waals surface area contributed by atoms with Crippen LogP contribution in [-0.2, 0) is 4.79 Å². The van der Waals surface area contributed by atoms with Crippen LogP contribution in [0.15, 0.2) is 16.6 Å². The van der Waals surface area contributed by atoms with Crippen LogP contribution in [-0.4, -0.2) is 5.91 Å². The van der Waals surface area contributed by atoms with Crippen molar-refractivity contribution in [2.75, 3.05) is 11.1 Å². The second-order valence-electron chi connectivity index (χ2n) is 6.71. The number of benzene rings is 1. The Morgan fingerprint density at radius 3 is 2.55 bits per heavy atom. The Morgan fingerprint density at radius 2 is 1.95 bits per heavy atom. The van der Waals surface area contributed by atoms with E-state index in [0.717, 1.165) is 27.6 Å². The van der Waals surface area contributed by atoms with Crippen LogP contribution in [0.25, 0.3) is 0 Å². The van der Waals surface area contributed by atoms with E-state index in [1.165, 1.54) is 19.3 Å². The molecule has 3 saturated carbocycles. The van der Waals surface area contributed by atoms with E-state index in [4.69, 9.17) is 5.73 Å². The fraction of sp³-hybridized carbons (Fsp3) is 0.562. The molecule has 0 heterocycles. The van der Waals surface area contributed by atoms with Crippen LogP contribution in [0.5, 0.6) is 0 Å². The third-order valence-electron chi connectivity index (χ3n) is 5.55. The Hall–Kier alpha value is -1.03. The first-order valence-corrected chi connectivity index (χ1v) is 8.22. The molecular weight excluding hydrogens is 316 g/mol. The first-order valence-electron chi connectivity index (χ1n) is 7.42. The molecule has 4 heteroatoms. The van der Waals surface area contributed by atoms with Gasteiger partial charge in [-0.2, -0.15) is 0 Å². The predicted molar refractivity (Wildman–Crippen MR) is 83.2 cm³/mol. The summed E-state index contributed by atoms with van der Waals surface area (Å²) < 4.78 is 0.872. The molecule has 3 N–H and O–H groups in total. The van der Waals surface area contributed by atoms with E-state index < -0.39 is 0 Å². The minimum Gasteiger partial charge on any atom is -0.397 e. The highest BCUT2D eigenvalue weighted by Crippen LogP contribution is 2.69. The molecule has 2 bridgehead atoms. The van der Waals surface area contributed by atoms with Gasteiger partial charge in [0.25, 0.3) is 0 Å². The maximum atomic E-state index is 12.5. The Morgan fingerprint density at radius 1 is 1.30 bits per heavy atom. The average Bonchev–Trinajstić information content (AvgIpc) is 2.82. The summed E-state index contributed by atoms with van der Waals surface area (Å²) >= 11 is 3.50. The molecule has 4 unspecified atom stereocenters. The normalized spacial score (nSPS) is 36.8. The second-order valence-corrected chi connectivity index (χ2v) is 7.57. The highest BCUT2D eigenvalue weighted by Gasteiger charge is 2.67. The number of anilines is 2. The number of nitrogens with one attached hydrogen (secondary N) is 1. The van der Waals surface area contributed by atoms with Crippen LogP contribution in [0, 0.1) is 36.5 Å². The summed E-state index contributed by atoms with van der Waals surface area (Å²) in [5.41, 5.74) is 8.49. The fourth-order valence-corrected chi connectivity index (χ4v) is 5.47. The summed E-state index contributed by atoms with van der Waals surface area (Å²) in [7, 11) is 0. The number of rotatable bonds is 2. The van der Waals surface area contributed by atoms with Crippen molar-refractivity contribution in [2.45, 2.75) is 26.2 Å². The van der Waals surface area contributed by atoms with Crippen molar-refractivity contribution in [3.8, 4) is 0 Å². The molecule has 4 atom stereocenters. The van der Waals surface area contributed by atoms with Crippen LogP contribution < -0.4 is 11.1 Å². The number of hydrogen-bond donors (Lipinski definition) is 2. The van der Waals surface area contributed by atoms with E-state index in [9.17, 15) is 4.79 Å². The number of aryl methyl sites for hydroxylation is 1. The predicted octanol–water partition coefficient (Wildman–Crippen LogP) is 3.57. The van der Waals surface area contributed by atoms with Gasteiger partial charge in [0.2, 0.25) is 5.91 Å². The van der Waals surface area contributed by atoms with Gasteiger partial charge in [-0.15, -0.1) is 0 Å². The lowest BCUT2D eigenvalue weighted by atomic mass is 10.0. The van der Waals surface area contributed by atoms with Gasteiger partial charge in [0, 0.05) is 10.4 Å².